The van der Waals surface area contributed by atoms with Crippen LogP contribution in [0.3, 0.4) is 0 Å². The maximum absolute atomic E-state index is 11.6. The number of anilines is 1. The highest BCUT2D eigenvalue weighted by molar-refractivity contribution is 6.01. The van der Waals surface area contributed by atoms with E-state index in [0.717, 1.165) is 5.56 Å². The Bertz CT molecular complexity index is 526. The highest BCUT2D eigenvalue weighted by Gasteiger charge is 2.19. The van der Waals surface area contributed by atoms with Gasteiger partial charge >= 0.3 is 5.97 Å². The fourth-order valence-corrected chi connectivity index (χ4v) is 1.59. The Morgan fingerprint density at radius 3 is 2.94 bits per heavy atom. The maximum Gasteiger partial charge on any atom is 0.332 e. The predicted octanol–water partition coefficient (Wildman–Crippen LogP) is -0.0728. The molecule has 2 amide bonds. The number of carboxylic acids is 1. The van der Waals surface area contributed by atoms with Gasteiger partial charge in [0.1, 0.15) is 0 Å². The van der Waals surface area contributed by atoms with E-state index < -0.39 is 18.5 Å². The molecule has 0 spiro atoms. The number of carbonyl (C=O) groups excluding carboxylic acids is 2. The lowest BCUT2D eigenvalue weighted by atomic mass is 10.1. The van der Waals surface area contributed by atoms with Crippen molar-refractivity contribution in [3.8, 4) is 0 Å². The Morgan fingerprint density at radius 2 is 2.22 bits per heavy atom. The second-order valence-electron chi connectivity index (χ2n) is 3.71. The van der Waals surface area contributed by atoms with Crippen LogP contribution >= 0.6 is 0 Å². The van der Waals surface area contributed by atoms with Crippen LogP contribution in [0.15, 0.2) is 18.2 Å². The highest BCUT2D eigenvalue weighted by atomic mass is 16.7. The van der Waals surface area contributed by atoms with Crippen molar-refractivity contribution in [1.29, 1.82) is 0 Å². The highest BCUT2D eigenvalue weighted by Crippen LogP contribution is 2.23. The zero-order valence-electron chi connectivity index (χ0n) is 9.23. The summed E-state index contributed by atoms with van der Waals surface area (Å²) >= 11 is 0. The van der Waals surface area contributed by atoms with Gasteiger partial charge in [0.15, 0.2) is 6.61 Å². The molecule has 1 aromatic carbocycles. The molecule has 0 radical (unpaired) electrons. The molecule has 1 aliphatic rings. The Hall–Kier alpha value is -2.41. The average molecular weight is 250 g/mol. The summed E-state index contributed by atoms with van der Waals surface area (Å²) in [6.07, 6.45) is 0.229. The summed E-state index contributed by atoms with van der Waals surface area (Å²) in [6, 6.07) is 4.70. The van der Waals surface area contributed by atoms with E-state index in [-0.39, 0.29) is 12.3 Å². The molecule has 0 saturated heterocycles. The molecular formula is C11H10N2O5. The van der Waals surface area contributed by atoms with Gasteiger partial charge in [0.25, 0.3) is 5.91 Å². The number of benzene rings is 1. The van der Waals surface area contributed by atoms with Gasteiger partial charge < -0.3 is 10.4 Å². The van der Waals surface area contributed by atoms with Crippen LogP contribution in [0.25, 0.3) is 0 Å². The first-order chi connectivity index (χ1) is 8.56. The molecule has 2 rings (SSSR count). The summed E-state index contributed by atoms with van der Waals surface area (Å²) in [5, 5.41) is 11.0. The maximum atomic E-state index is 11.6. The SMILES string of the molecule is O=C(O)CONC(=O)c1ccc2c(c1)CC(=O)N2. The van der Waals surface area contributed by atoms with Crippen LogP contribution in [0.4, 0.5) is 5.69 Å². The molecule has 0 fully saturated rings. The number of hydrogen-bond acceptors (Lipinski definition) is 4. The van der Waals surface area contributed by atoms with E-state index in [9.17, 15) is 14.4 Å². The van der Waals surface area contributed by atoms with Gasteiger partial charge in [-0.2, -0.15) is 0 Å². The van der Waals surface area contributed by atoms with E-state index in [0.29, 0.717) is 11.3 Å². The van der Waals surface area contributed by atoms with Crippen LogP contribution in [0, 0.1) is 0 Å². The van der Waals surface area contributed by atoms with Crippen LogP contribution in [-0.4, -0.2) is 29.5 Å². The number of rotatable bonds is 4. The van der Waals surface area contributed by atoms with Gasteiger partial charge in [0, 0.05) is 11.3 Å². The quantitative estimate of drug-likeness (QED) is 0.648. The Balaban J connectivity index is 2.01. The molecule has 7 heteroatoms. The number of hydrogen-bond donors (Lipinski definition) is 3. The number of aliphatic carboxylic acids is 1. The van der Waals surface area contributed by atoms with E-state index in [1.165, 1.54) is 6.07 Å². The fraction of sp³-hybridized carbons (Fsp3) is 0.182. The number of carbonyl (C=O) groups is 3. The third kappa shape index (κ3) is 2.64. The number of hydroxylamine groups is 1. The molecule has 0 saturated carbocycles. The molecule has 3 N–H and O–H groups in total. The van der Waals surface area contributed by atoms with Crippen molar-refractivity contribution in [3.05, 3.63) is 29.3 Å². The minimum Gasteiger partial charge on any atom is -0.479 e. The van der Waals surface area contributed by atoms with Gasteiger partial charge in [-0.15, -0.1) is 0 Å². The van der Waals surface area contributed by atoms with E-state index in [2.05, 4.69) is 10.2 Å². The largest absolute Gasteiger partial charge is 0.479 e. The molecule has 94 valence electrons. The van der Waals surface area contributed by atoms with E-state index in [1.54, 1.807) is 12.1 Å². The van der Waals surface area contributed by atoms with Crippen molar-refractivity contribution in [1.82, 2.24) is 5.48 Å². The third-order valence-electron chi connectivity index (χ3n) is 2.35. The first-order valence-corrected chi connectivity index (χ1v) is 5.13. The van der Waals surface area contributed by atoms with Crippen LogP contribution in [-0.2, 0) is 20.8 Å². The molecule has 0 unspecified atom stereocenters. The monoisotopic (exact) mass is 250 g/mol. The van der Waals surface area contributed by atoms with E-state index >= 15 is 0 Å². The Morgan fingerprint density at radius 1 is 1.44 bits per heavy atom. The lowest BCUT2D eigenvalue weighted by Gasteiger charge is -2.05. The normalized spacial score (nSPS) is 12.8. The lowest BCUT2D eigenvalue weighted by molar-refractivity contribution is -0.144. The first kappa shape index (κ1) is 12.1. The van der Waals surface area contributed by atoms with Gasteiger partial charge in [-0.05, 0) is 23.8 Å². The van der Waals surface area contributed by atoms with Crippen molar-refractivity contribution in [3.63, 3.8) is 0 Å². The van der Waals surface area contributed by atoms with Gasteiger partial charge in [0.2, 0.25) is 5.91 Å². The van der Waals surface area contributed by atoms with Gasteiger partial charge in [-0.1, -0.05) is 0 Å². The molecule has 1 heterocycles. The number of fused-ring (bicyclic) bond motifs is 1. The lowest BCUT2D eigenvalue weighted by Crippen LogP contribution is -2.26. The van der Waals surface area contributed by atoms with Crippen molar-refractivity contribution in [2.24, 2.45) is 0 Å². The second-order valence-corrected chi connectivity index (χ2v) is 3.71. The summed E-state index contributed by atoms with van der Waals surface area (Å²) in [4.78, 5) is 37.4. The number of carboxylic acid groups (broad SMARTS) is 1. The molecule has 7 nitrogen and oxygen atoms in total. The molecule has 0 bridgehead atoms. The Kier molecular flexibility index (Phi) is 3.24. The summed E-state index contributed by atoms with van der Waals surface area (Å²) < 4.78 is 0. The summed E-state index contributed by atoms with van der Waals surface area (Å²) in [7, 11) is 0. The van der Waals surface area contributed by atoms with Crippen molar-refractivity contribution in [2.45, 2.75) is 6.42 Å². The zero-order chi connectivity index (χ0) is 13.1. The Labute approximate surface area is 102 Å². The van der Waals surface area contributed by atoms with E-state index in [4.69, 9.17) is 5.11 Å². The van der Waals surface area contributed by atoms with Gasteiger partial charge in [-0.25, -0.2) is 10.3 Å². The van der Waals surface area contributed by atoms with Crippen LogP contribution < -0.4 is 10.8 Å². The number of amides is 2. The first-order valence-electron chi connectivity index (χ1n) is 5.13. The van der Waals surface area contributed by atoms with Crippen LogP contribution in [0.2, 0.25) is 0 Å². The van der Waals surface area contributed by atoms with Crippen molar-refractivity contribution < 1.29 is 24.3 Å². The van der Waals surface area contributed by atoms with Crippen molar-refractivity contribution in [2.75, 3.05) is 11.9 Å². The third-order valence-corrected chi connectivity index (χ3v) is 2.35. The zero-order valence-corrected chi connectivity index (χ0v) is 9.23. The van der Waals surface area contributed by atoms with Crippen molar-refractivity contribution >= 4 is 23.5 Å². The minimum absolute atomic E-state index is 0.121. The summed E-state index contributed by atoms with van der Waals surface area (Å²) in [5.74, 6) is -1.86. The van der Waals surface area contributed by atoms with Crippen LogP contribution in [0.1, 0.15) is 15.9 Å². The topological polar surface area (TPSA) is 105 Å². The van der Waals surface area contributed by atoms with E-state index in [1.807, 2.05) is 5.48 Å². The fourth-order valence-electron chi connectivity index (χ4n) is 1.59. The number of nitrogens with one attached hydrogen (secondary N) is 2. The van der Waals surface area contributed by atoms with Gasteiger partial charge in [0.05, 0.1) is 6.42 Å². The molecule has 0 aromatic heterocycles. The standard InChI is InChI=1S/C11H10N2O5/c14-9-4-7-3-6(1-2-8(7)12-9)11(17)13-18-5-10(15)16/h1-3H,4-5H2,(H,12,14)(H,13,17)(H,15,16). The molecule has 0 aliphatic carbocycles. The summed E-state index contributed by atoms with van der Waals surface area (Å²) in [5.41, 5.74) is 3.72. The average Bonchev–Trinajstić information content (AvgIpc) is 2.67. The molecule has 18 heavy (non-hydrogen) atoms. The smallest absolute Gasteiger partial charge is 0.332 e. The van der Waals surface area contributed by atoms with Crippen LogP contribution in [0.5, 0.6) is 0 Å². The van der Waals surface area contributed by atoms with Gasteiger partial charge in [-0.3, -0.25) is 14.4 Å². The summed E-state index contributed by atoms with van der Waals surface area (Å²) in [6.45, 7) is -0.614. The second kappa shape index (κ2) is 4.84. The molecular weight excluding hydrogens is 240 g/mol. The molecule has 0 atom stereocenters. The predicted molar refractivity (Wildman–Crippen MR) is 59.8 cm³/mol. The molecule has 1 aromatic rings. The minimum atomic E-state index is -1.18. The molecule has 1 aliphatic heterocycles.